The van der Waals surface area contributed by atoms with Crippen molar-refractivity contribution in [3.05, 3.63) is 36.1 Å². The largest absolute Gasteiger partial charge is 0.360 e. The van der Waals surface area contributed by atoms with Crippen molar-refractivity contribution in [3.63, 3.8) is 0 Å². The topological polar surface area (TPSA) is 122 Å². The van der Waals surface area contributed by atoms with E-state index in [1.807, 2.05) is 0 Å². The van der Waals surface area contributed by atoms with Crippen LogP contribution in [-0.2, 0) is 19.6 Å². The number of amides is 2. The van der Waals surface area contributed by atoms with Gasteiger partial charge in [-0.15, -0.1) is 0 Å². The molecular formula is C17H20N4O5S. The average molecular weight is 392 g/mol. The number of hydrogen-bond donors (Lipinski definition) is 2. The van der Waals surface area contributed by atoms with E-state index in [2.05, 4.69) is 15.2 Å². The lowest BCUT2D eigenvalue weighted by Gasteiger charge is -2.17. The molecule has 0 saturated carbocycles. The number of nitrogens with zero attached hydrogens (tertiary/aromatic N) is 2. The second kappa shape index (κ2) is 7.49. The van der Waals surface area contributed by atoms with Gasteiger partial charge < -0.3 is 14.7 Å². The van der Waals surface area contributed by atoms with Gasteiger partial charge in [0.2, 0.25) is 21.8 Å². The Morgan fingerprint density at radius 3 is 2.56 bits per heavy atom. The highest BCUT2D eigenvalue weighted by Crippen LogP contribution is 2.23. The predicted molar refractivity (Wildman–Crippen MR) is 97.7 cm³/mol. The first kappa shape index (κ1) is 19.1. The molecular weight excluding hydrogens is 372 g/mol. The summed E-state index contributed by atoms with van der Waals surface area (Å²) in [5.41, 5.74) is 0.656. The van der Waals surface area contributed by atoms with Crippen molar-refractivity contribution < 1.29 is 22.5 Å². The molecule has 1 aromatic carbocycles. The van der Waals surface area contributed by atoms with Gasteiger partial charge in [-0.1, -0.05) is 5.16 Å². The average Bonchev–Trinajstić information content (AvgIpc) is 3.22. The zero-order valence-electron chi connectivity index (χ0n) is 14.9. The van der Waals surface area contributed by atoms with Crippen LogP contribution in [0.25, 0.3) is 0 Å². The minimum atomic E-state index is -3.90. The van der Waals surface area contributed by atoms with Crippen LogP contribution in [-0.4, -0.2) is 38.0 Å². The Bertz CT molecular complexity index is 952. The molecule has 0 unspecified atom stereocenters. The van der Waals surface area contributed by atoms with Crippen LogP contribution in [0.1, 0.15) is 25.5 Å². The van der Waals surface area contributed by atoms with Gasteiger partial charge in [0, 0.05) is 24.7 Å². The monoisotopic (exact) mass is 392 g/mol. The number of carbonyl (C=O) groups is 2. The first-order chi connectivity index (χ1) is 12.8. The quantitative estimate of drug-likeness (QED) is 0.767. The molecule has 3 rings (SSSR count). The van der Waals surface area contributed by atoms with Crippen LogP contribution in [0.2, 0.25) is 0 Å². The van der Waals surface area contributed by atoms with Crippen LogP contribution in [0.5, 0.6) is 0 Å². The number of anilines is 2. The highest BCUT2D eigenvalue weighted by molar-refractivity contribution is 7.89. The van der Waals surface area contributed by atoms with Gasteiger partial charge in [-0.25, -0.2) is 8.42 Å². The number of nitrogens with one attached hydrogen (secondary N) is 2. The first-order valence-electron chi connectivity index (χ1n) is 8.43. The van der Waals surface area contributed by atoms with Gasteiger partial charge in [-0.2, -0.15) is 4.72 Å². The van der Waals surface area contributed by atoms with Crippen LogP contribution < -0.4 is 14.9 Å². The molecule has 1 fully saturated rings. The molecule has 10 heteroatoms. The summed E-state index contributed by atoms with van der Waals surface area (Å²) < 4.78 is 32.2. The molecule has 1 aliphatic rings. The van der Waals surface area contributed by atoms with E-state index in [0.717, 1.165) is 6.42 Å². The zero-order valence-corrected chi connectivity index (χ0v) is 15.7. The zero-order chi connectivity index (χ0) is 19.6. The van der Waals surface area contributed by atoms with Crippen LogP contribution in [0, 0.1) is 6.92 Å². The lowest BCUT2D eigenvalue weighted by atomic mass is 10.3. The molecule has 2 N–H and O–H groups in total. The van der Waals surface area contributed by atoms with Crippen molar-refractivity contribution in [2.75, 3.05) is 16.8 Å². The summed E-state index contributed by atoms with van der Waals surface area (Å²) in [6, 6.07) is 6.50. The van der Waals surface area contributed by atoms with Crippen LogP contribution in [0.3, 0.4) is 0 Å². The molecule has 2 heterocycles. The van der Waals surface area contributed by atoms with Crippen LogP contribution in [0.15, 0.2) is 39.8 Å². The van der Waals surface area contributed by atoms with Gasteiger partial charge in [-0.3, -0.25) is 9.59 Å². The van der Waals surface area contributed by atoms with Gasteiger partial charge in [-0.05, 0) is 44.5 Å². The summed E-state index contributed by atoms with van der Waals surface area (Å²) in [6.07, 6.45) is 1.29. The molecule has 2 amide bonds. The van der Waals surface area contributed by atoms with E-state index in [1.54, 1.807) is 24.0 Å². The van der Waals surface area contributed by atoms with E-state index in [9.17, 15) is 18.0 Å². The first-order valence-corrected chi connectivity index (χ1v) is 9.91. The Hall–Kier alpha value is -2.72. The van der Waals surface area contributed by atoms with E-state index in [4.69, 9.17) is 4.52 Å². The molecule has 2 aromatic rings. The minimum Gasteiger partial charge on any atom is -0.360 e. The molecule has 9 nitrogen and oxygen atoms in total. The van der Waals surface area contributed by atoms with Gasteiger partial charge in [0.25, 0.3) is 0 Å². The Labute approximate surface area is 156 Å². The number of aromatic nitrogens is 1. The third kappa shape index (κ3) is 4.34. The summed E-state index contributed by atoms with van der Waals surface area (Å²) in [5, 5.41) is 6.10. The number of carbonyl (C=O) groups excluding carboxylic acids is 2. The third-order valence-electron chi connectivity index (χ3n) is 4.14. The smallest absolute Gasteiger partial charge is 0.243 e. The van der Waals surface area contributed by atoms with E-state index < -0.39 is 22.0 Å². The summed E-state index contributed by atoms with van der Waals surface area (Å²) in [7, 11) is -3.90. The maximum Gasteiger partial charge on any atom is 0.243 e. The van der Waals surface area contributed by atoms with E-state index in [1.165, 1.54) is 25.1 Å². The van der Waals surface area contributed by atoms with Crippen molar-refractivity contribution >= 4 is 33.3 Å². The van der Waals surface area contributed by atoms with Crippen molar-refractivity contribution in [3.8, 4) is 0 Å². The van der Waals surface area contributed by atoms with Crippen molar-refractivity contribution in [1.29, 1.82) is 0 Å². The van der Waals surface area contributed by atoms with Gasteiger partial charge in [0.1, 0.15) is 5.76 Å². The Balaban J connectivity index is 1.66. The lowest BCUT2D eigenvalue weighted by molar-refractivity contribution is -0.118. The molecule has 1 aromatic heterocycles. The number of sulfonamides is 1. The standard InChI is InChI=1S/C17H20N4O5S/c1-11-10-15(19-26-11)18-17(23)12(2)20-27(24,25)14-7-5-13(6-8-14)21-9-3-4-16(21)22/h5-8,10,12,20H,3-4,9H2,1-2H3,(H,18,19,23)/t12-/m1/s1. The van der Waals surface area contributed by atoms with Crippen molar-refractivity contribution in [2.24, 2.45) is 0 Å². The minimum absolute atomic E-state index is 0.00910. The van der Waals surface area contributed by atoms with E-state index in [0.29, 0.717) is 24.4 Å². The number of aryl methyl sites for hydroxylation is 1. The number of benzene rings is 1. The molecule has 0 spiro atoms. The molecule has 0 aliphatic carbocycles. The van der Waals surface area contributed by atoms with Crippen LogP contribution in [0.4, 0.5) is 11.5 Å². The highest BCUT2D eigenvalue weighted by Gasteiger charge is 2.25. The molecule has 1 aliphatic heterocycles. The number of hydrogen-bond acceptors (Lipinski definition) is 6. The second-order valence-corrected chi connectivity index (χ2v) is 8.01. The summed E-state index contributed by atoms with van der Waals surface area (Å²) in [4.78, 5) is 25.5. The van der Waals surface area contributed by atoms with Crippen LogP contribution >= 0.6 is 0 Å². The molecule has 1 saturated heterocycles. The van der Waals surface area contributed by atoms with Gasteiger partial charge >= 0.3 is 0 Å². The summed E-state index contributed by atoms with van der Waals surface area (Å²) in [6.45, 7) is 3.73. The maximum atomic E-state index is 12.5. The number of rotatable bonds is 6. The summed E-state index contributed by atoms with van der Waals surface area (Å²) in [5.74, 6) is 0.196. The molecule has 0 radical (unpaired) electrons. The Kier molecular flexibility index (Phi) is 5.29. The van der Waals surface area contributed by atoms with E-state index >= 15 is 0 Å². The fourth-order valence-electron chi connectivity index (χ4n) is 2.74. The molecule has 144 valence electrons. The van der Waals surface area contributed by atoms with Gasteiger partial charge in [0.05, 0.1) is 10.9 Å². The maximum absolute atomic E-state index is 12.5. The Morgan fingerprint density at radius 2 is 2.00 bits per heavy atom. The highest BCUT2D eigenvalue weighted by atomic mass is 32.2. The third-order valence-corrected chi connectivity index (χ3v) is 5.69. The normalized spacial score (nSPS) is 15.8. The molecule has 27 heavy (non-hydrogen) atoms. The fourth-order valence-corrected chi connectivity index (χ4v) is 3.94. The fraction of sp³-hybridized carbons (Fsp3) is 0.353. The second-order valence-electron chi connectivity index (χ2n) is 6.30. The van der Waals surface area contributed by atoms with Crippen molar-refractivity contribution in [1.82, 2.24) is 9.88 Å². The summed E-state index contributed by atoms with van der Waals surface area (Å²) >= 11 is 0. The SMILES string of the molecule is Cc1cc(NC(=O)[C@@H](C)NS(=O)(=O)c2ccc(N3CCCC3=O)cc2)no1. The Morgan fingerprint density at radius 1 is 1.30 bits per heavy atom. The molecule has 0 bridgehead atoms. The van der Waals surface area contributed by atoms with Gasteiger partial charge in [0.15, 0.2) is 5.82 Å². The lowest BCUT2D eigenvalue weighted by Crippen LogP contribution is -2.41. The molecule has 1 atom stereocenters. The predicted octanol–water partition coefficient (Wildman–Crippen LogP) is 1.42. The van der Waals surface area contributed by atoms with E-state index in [-0.39, 0.29) is 16.6 Å². The van der Waals surface area contributed by atoms with Crippen molar-refractivity contribution in [2.45, 2.75) is 37.6 Å².